The average molecular weight is 182 g/mol. The molecule has 1 aromatic rings. The maximum absolute atomic E-state index is 11.3. The monoisotopic (exact) mass is 182 g/mol. The highest BCUT2D eigenvalue weighted by Gasteiger charge is 2.16. The van der Waals surface area contributed by atoms with E-state index in [4.69, 9.17) is 4.74 Å². The molecule has 0 aliphatic rings. The zero-order valence-electron chi connectivity index (χ0n) is 8.37. The number of carbonyl (C=O) groups excluding carboxylic acids is 1. The van der Waals surface area contributed by atoms with Gasteiger partial charge in [0.15, 0.2) is 11.5 Å². The summed E-state index contributed by atoms with van der Waals surface area (Å²) in [6, 6.07) is 0.169. The predicted octanol–water partition coefficient (Wildman–Crippen LogP) is 1.68. The third kappa shape index (κ3) is 1.71. The van der Waals surface area contributed by atoms with Crippen molar-refractivity contribution >= 4 is 5.78 Å². The summed E-state index contributed by atoms with van der Waals surface area (Å²) in [6.45, 7) is 5.45. The third-order valence-electron chi connectivity index (χ3n) is 1.80. The smallest absolute Gasteiger partial charge is 0.181 e. The number of aromatic nitrogens is 2. The van der Waals surface area contributed by atoms with Crippen LogP contribution in [-0.4, -0.2) is 22.7 Å². The van der Waals surface area contributed by atoms with E-state index in [2.05, 4.69) is 5.10 Å². The van der Waals surface area contributed by atoms with Crippen LogP contribution < -0.4 is 4.74 Å². The van der Waals surface area contributed by atoms with E-state index in [0.29, 0.717) is 11.4 Å². The standard InChI is InChI=1S/C9H14N2O2/c1-6(2)11-9(7(3)12)8(13-4)5-10-11/h5-6H,1-4H3. The van der Waals surface area contributed by atoms with Gasteiger partial charge in [0, 0.05) is 13.0 Å². The van der Waals surface area contributed by atoms with Gasteiger partial charge in [-0.3, -0.25) is 9.48 Å². The van der Waals surface area contributed by atoms with Crippen molar-refractivity contribution in [3.8, 4) is 5.75 Å². The van der Waals surface area contributed by atoms with Gasteiger partial charge in [0.05, 0.1) is 13.3 Å². The number of Topliss-reactive ketones (excluding diaryl/α,β-unsaturated/α-hetero) is 1. The van der Waals surface area contributed by atoms with Crippen molar-refractivity contribution in [1.82, 2.24) is 9.78 Å². The summed E-state index contributed by atoms with van der Waals surface area (Å²) < 4.78 is 6.70. The number of rotatable bonds is 3. The Morgan fingerprint density at radius 2 is 2.23 bits per heavy atom. The zero-order chi connectivity index (χ0) is 10.0. The summed E-state index contributed by atoms with van der Waals surface area (Å²) in [5.74, 6) is 0.518. The molecule has 1 heterocycles. The van der Waals surface area contributed by atoms with Crippen molar-refractivity contribution in [2.75, 3.05) is 7.11 Å². The van der Waals surface area contributed by atoms with Crippen LogP contribution in [0.5, 0.6) is 5.75 Å². The Bertz CT molecular complexity index is 315. The van der Waals surface area contributed by atoms with Crippen LogP contribution in [-0.2, 0) is 0 Å². The van der Waals surface area contributed by atoms with E-state index in [1.165, 1.54) is 14.0 Å². The van der Waals surface area contributed by atoms with Crippen LogP contribution in [0, 0.1) is 0 Å². The van der Waals surface area contributed by atoms with E-state index < -0.39 is 0 Å². The first kappa shape index (κ1) is 9.77. The molecule has 0 spiro atoms. The van der Waals surface area contributed by atoms with E-state index in [0.717, 1.165) is 0 Å². The molecule has 0 aliphatic carbocycles. The van der Waals surface area contributed by atoms with Crippen molar-refractivity contribution in [3.63, 3.8) is 0 Å². The molecule has 0 N–H and O–H groups in total. The molecule has 72 valence electrons. The van der Waals surface area contributed by atoms with Crippen molar-refractivity contribution in [2.24, 2.45) is 0 Å². The van der Waals surface area contributed by atoms with Gasteiger partial charge in [-0.25, -0.2) is 0 Å². The van der Waals surface area contributed by atoms with Gasteiger partial charge in [0.1, 0.15) is 5.69 Å². The summed E-state index contributed by atoms with van der Waals surface area (Å²) in [6.07, 6.45) is 1.57. The normalized spacial score (nSPS) is 10.5. The summed E-state index contributed by atoms with van der Waals surface area (Å²) in [5, 5.41) is 4.08. The number of hydrogen-bond acceptors (Lipinski definition) is 3. The Morgan fingerprint density at radius 3 is 2.62 bits per heavy atom. The lowest BCUT2D eigenvalue weighted by Gasteiger charge is -2.09. The Morgan fingerprint density at radius 1 is 1.62 bits per heavy atom. The molecule has 0 amide bonds. The molecule has 0 unspecified atom stereocenters. The topological polar surface area (TPSA) is 44.1 Å². The summed E-state index contributed by atoms with van der Waals surface area (Å²) >= 11 is 0. The molecule has 1 aromatic heterocycles. The van der Waals surface area contributed by atoms with E-state index in [1.54, 1.807) is 10.9 Å². The van der Waals surface area contributed by atoms with Crippen molar-refractivity contribution in [2.45, 2.75) is 26.8 Å². The second-order valence-corrected chi connectivity index (χ2v) is 3.16. The van der Waals surface area contributed by atoms with Gasteiger partial charge in [-0.1, -0.05) is 0 Å². The van der Waals surface area contributed by atoms with E-state index in [-0.39, 0.29) is 11.8 Å². The van der Waals surface area contributed by atoms with Crippen LogP contribution in [0.2, 0.25) is 0 Å². The van der Waals surface area contributed by atoms with E-state index in [9.17, 15) is 4.79 Å². The Balaban J connectivity index is 3.22. The lowest BCUT2D eigenvalue weighted by Crippen LogP contribution is -2.11. The molecule has 0 aliphatic heterocycles. The number of ketones is 1. The molecule has 4 nitrogen and oxygen atoms in total. The Hall–Kier alpha value is -1.32. The number of carbonyl (C=O) groups is 1. The summed E-state index contributed by atoms with van der Waals surface area (Å²) in [4.78, 5) is 11.3. The maximum Gasteiger partial charge on any atom is 0.181 e. The van der Waals surface area contributed by atoms with Gasteiger partial charge in [-0.05, 0) is 13.8 Å². The number of hydrogen-bond donors (Lipinski definition) is 0. The van der Waals surface area contributed by atoms with Crippen LogP contribution in [0.3, 0.4) is 0 Å². The first-order valence-electron chi connectivity index (χ1n) is 4.20. The number of methoxy groups -OCH3 is 1. The predicted molar refractivity (Wildman–Crippen MR) is 49.2 cm³/mol. The first-order valence-corrected chi connectivity index (χ1v) is 4.20. The van der Waals surface area contributed by atoms with Crippen LogP contribution in [0.25, 0.3) is 0 Å². The highest BCUT2D eigenvalue weighted by molar-refractivity contribution is 5.95. The minimum Gasteiger partial charge on any atom is -0.493 e. The quantitative estimate of drug-likeness (QED) is 0.668. The van der Waals surface area contributed by atoms with Crippen LogP contribution in [0.1, 0.15) is 37.3 Å². The molecule has 1 rings (SSSR count). The van der Waals surface area contributed by atoms with Crippen molar-refractivity contribution in [1.29, 1.82) is 0 Å². The summed E-state index contributed by atoms with van der Waals surface area (Å²) in [5.41, 5.74) is 0.539. The molecule has 0 bridgehead atoms. The SMILES string of the molecule is COc1cnn(C(C)C)c1C(C)=O. The van der Waals surface area contributed by atoms with Crippen LogP contribution in [0.4, 0.5) is 0 Å². The number of nitrogens with zero attached hydrogens (tertiary/aromatic N) is 2. The number of ether oxygens (including phenoxy) is 1. The minimum absolute atomic E-state index is 0.0250. The van der Waals surface area contributed by atoms with Crippen molar-refractivity contribution in [3.05, 3.63) is 11.9 Å². The minimum atomic E-state index is -0.0250. The third-order valence-corrected chi connectivity index (χ3v) is 1.80. The lowest BCUT2D eigenvalue weighted by molar-refractivity contribution is 0.0998. The molecule has 0 atom stereocenters. The molecule has 0 aromatic carbocycles. The fourth-order valence-electron chi connectivity index (χ4n) is 1.22. The molecule has 0 fully saturated rings. The Labute approximate surface area is 77.5 Å². The zero-order valence-corrected chi connectivity index (χ0v) is 8.37. The average Bonchev–Trinajstić information content (AvgIpc) is 2.46. The molecule has 0 saturated carbocycles. The first-order chi connectivity index (χ1) is 6.07. The maximum atomic E-state index is 11.3. The fraction of sp³-hybridized carbons (Fsp3) is 0.556. The van der Waals surface area contributed by atoms with E-state index >= 15 is 0 Å². The second kappa shape index (κ2) is 3.60. The van der Waals surface area contributed by atoms with Gasteiger partial charge in [-0.2, -0.15) is 5.10 Å². The molecule has 0 saturated heterocycles. The second-order valence-electron chi connectivity index (χ2n) is 3.16. The highest BCUT2D eigenvalue weighted by atomic mass is 16.5. The van der Waals surface area contributed by atoms with E-state index in [1.807, 2.05) is 13.8 Å². The lowest BCUT2D eigenvalue weighted by atomic mass is 10.2. The fourth-order valence-corrected chi connectivity index (χ4v) is 1.22. The molecular weight excluding hydrogens is 168 g/mol. The van der Waals surface area contributed by atoms with Gasteiger partial charge < -0.3 is 4.74 Å². The van der Waals surface area contributed by atoms with Crippen LogP contribution in [0.15, 0.2) is 6.20 Å². The highest BCUT2D eigenvalue weighted by Crippen LogP contribution is 2.20. The van der Waals surface area contributed by atoms with Gasteiger partial charge in [0.25, 0.3) is 0 Å². The summed E-state index contributed by atoms with van der Waals surface area (Å²) in [7, 11) is 1.54. The molecule has 4 heteroatoms. The van der Waals surface area contributed by atoms with Gasteiger partial charge in [0.2, 0.25) is 0 Å². The van der Waals surface area contributed by atoms with Gasteiger partial charge in [-0.15, -0.1) is 0 Å². The largest absolute Gasteiger partial charge is 0.493 e. The van der Waals surface area contributed by atoms with Crippen LogP contribution >= 0.6 is 0 Å². The molecule has 0 radical (unpaired) electrons. The van der Waals surface area contributed by atoms with Gasteiger partial charge >= 0.3 is 0 Å². The molecule has 13 heavy (non-hydrogen) atoms. The molecular formula is C9H14N2O2. The Kier molecular flexibility index (Phi) is 2.70. The van der Waals surface area contributed by atoms with Crippen molar-refractivity contribution < 1.29 is 9.53 Å².